The number of benzene rings is 1. The van der Waals surface area contributed by atoms with Gasteiger partial charge in [-0.25, -0.2) is 0 Å². The summed E-state index contributed by atoms with van der Waals surface area (Å²) in [4.78, 5) is 4.12. The van der Waals surface area contributed by atoms with Crippen molar-refractivity contribution in [1.82, 2.24) is 10.1 Å². The van der Waals surface area contributed by atoms with Crippen molar-refractivity contribution in [3.05, 3.63) is 41.7 Å². The molecule has 1 fully saturated rings. The normalized spacial score (nSPS) is 17.6. The van der Waals surface area contributed by atoms with Gasteiger partial charge in [0.2, 0.25) is 0 Å². The van der Waals surface area contributed by atoms with Crippen LogP contribution in [-0.4, -0.2) is 10.1 Å². The fraction of sp³-hybridized carbons (Fsp3) is 0.273. The van der Waals surface area contributed by atoms with Crippen LogP contribution >= 0.6 is 0 Å². The highest BCUT2D eigenvalue weighted by Gasteiger charge is 2.49. The van der Waals surface area contributed by atoms with Gasteiger partial charge in [0.1, 0.15) is 0 Å². The zero-order valence-corrected chi connectivity index (χ0v) is 8.18. The molecule has 2 aromatic rings. The smallest absolute Gasteiger partial charge is 0.318 e. The van der Waals surface area contributed by atoms with Gasteiger partial charge >= 0.3 is 6.01 Å². The monoisotopic (exact) mass is 201 g/mol. The van der Waals surface area contributed by atoms with Crippen molar-refractivity contribution in [1.29, 1.82) is 0 Å². The van der Waals surface area contributed by atoms with Crippen molar-refractivity contribution in [3.8, 4) is 0 Å². The Morgan fingerprint density at radius 2 is 1.93 bits per heavy atom. The van der Waals surface area contributed by atoms with Gasteiger partial charge in [-0.3, -0.25) is 0 Å². The fourth-order valence-electron chi connectivity index (χ4n) is 1.95. The van der Waals surface area contributed by atoms with E-state index in [-0.39, 0.29) is 11.4 Å². The van der Waals surface area contributed by atoms with E-state index in [1.54, 1.807) is 0 Å². The van der Waals surface area contributed by atoms with E-state index in [2.05, 4.69) is 22.3 Å². The number of anilines is 1. The van der Waals surface area contributed by atoms with E-state index in [9.17, 15) is 0 Å². The molecule has 76 valence electrons. The third-order valence-corrected chi connectivity index (χ3v) is 2.95. The SMILES string of the molecule is Nc1nc(C2(c3ccccc3)CC2)no1. The zero-order chi connectivity index (χ0) is 10.3. The predicted octanol–water partition coefficient (Wildman–Crippen LogP) is 1.73. The second-order valence-electron chi connectivity index (χ2n) is 3.90. The first-order chi connectivity index (χ1) is 7.31. The van der Waals surface area contributed by atoms with Crippen LogP contribution in [0.15, 0.2) is 34.9 Å². The van der Waals surface area contributed by atoms with Gasteiger partial charge in [0.25, 0.3) is 0 Å². The first-order valence-electron chi connectivity index (χ1n) is 4.96. The molecule has 1 aliphatic rings. The van der Waals surface area contributed by atoms with E-state index in [4.69, 9.17) is 10.3 Å². The molecule has 1 aromatic heterocycles. The number of nitrogens with two attached hydrogens (primary N) is 1. The number of rotatable bonds is 2. The largest absolute Gasteiger partial charge is 0.351 e. The Labute approximate surface area is 87.1 Å². The maximum atomic E-state index is 5.44. The van der Waals surface area contributed by atoms with Crippen molar-refractivity contribution in [3.63, 3.8) is 0 Å². The standard InChI is InChI=1S/C11H11N3O/c12-10-13-9(14-15-10)11(6-7-11)8-4-2-1-3-5-8/h1-5H,6-7H2,(H2,12,13,14). The molecule has 0 atom stereocenters. The summed E-state index contributed by atoms with van der Waals surface area (Å²) in [5, 5.41) is 3.92. The van der Waals surface area contributed by atoms with Crippen LogP contribution in [0, 0.1) is 0 Å². The van der Waals surface area contributed by atoms with Crippen molar-refractivity contribution < 1.29 is 4.52 Å². The number of nitrogen functional groups attached to an aromatic ring is 1. The van der Waals surface area contributed by atoms with E-state index in [0.717, 1.165) is 12.8 Å². The Balaban J connectivity index is 2.05. The minimum atomic E-state index is -0.0393. The lowest BCUT2D eigenvalue weighted by Crippen LogP contribution is -2.10. The van der Waals surface area contributed by atoms with Gasteiger partial charge in [0, 0.05) is 0 Å². The molecule has 4 heteroatoms. The summed E-state index contributed by atoms with van der Waals surface area (Å²) in [6, 6.07) is 10.4. The maximum absolute atomic E-state index is 5.44. The zero-order valence-electron chi connectivity index (χ0n) is 8.18. The van der Waals surface area contributed by atoms with Gasteiger partial charge in [-0.2, -0.15) is 4.98 Å². The Morgan fingerprint density at radius 3 is 2.47 bits per heavy atom. The summed E-state index contributed by atoms with van der Waals surface area (Å²) in [7, 11) is 0. The molecular weight excluding hydrogens is 190 g/mol. The summed E-state index contributed by atoms with van der Waals surface area (Å²) in [6.45, 7) is 0. The van der Waals surface area contributed by atoms with Crippen LogP contribution in [0.1, 0.15) is 24.2 Å². The van der Waals surface area contributed by atoms with Crippen LogP contribution in [0.2, 0.25) is 0 Å². The number of aromatic nitrogens is 2. The van der Waals surface area contributed by atoms with Gasteiger partial charge in [-0.15, -0.1) is 0 Å². The van der Waals surface area contributed by atoms with Crippen molar-refractivity contribution in [2.24, 2.45) is 0 Å². The molecular formula is C11H11N3O. The van der Waals surface area contributed by atoms with E-state index in [0.29, 0.717) is 5.82 Å². The average Bonchev–Trinajstić information content (AvgIpc) is 2.98. The number of hydrogen-bond acceptors (Lipinski definition) is 4. The molecule has 0 bridgehead atoms. The number of nitrogens with zero attached hydrogens (tertiary/aromatic N) is 2. The van der Waals surface area contributed by atoms with Gasteiger partial charge < -0.3 is 10.3 Å². The Bertz CT molecular complexity index is 474. The highest BCUT2D eigenvalue weighted by atomic mass is 16.5. The quantitative estimate of drug-likeness (QED) is 0.803. The Hall–Kier alpha value is -1.84. The molecule has 0 unspecified atom stereocenters. The van der Waals surface area contributed by atoms with Crippen molar-refractivity contribution >= 4 is 6.01 Å². The van der Waals surface area contributed by atoms with Crippen LogP contribution < -0.4 is 5.73 Å². The highest BCUT2D eigenvalue weighted by Crippen LogP contribution is 2.52. The minimum absolute atomic E-state index is 0.0393. The number of hydrogen-bond donors (Lipinski definition) is 1. The molecule has 0 amide bonds. The van der Waals surface area contributed by atoms with Crippen LogP contribution in [0.25, 0.3) is 0 Å². The predicted molar refractivity (Wildman–Crippen MR) is 55.2 cm³/mol. The topological polar surface area (TPSA) is 64.9 Å². The van der Waals surface area contributed by atoms with Crippen LogP contribution in [0.4, 0.5) is 6.01 Å². The molecule has 1 aliphatic carbocycles. The van der Waals surface area contributed by atoms with Crippen LogP contribution in [0.5, 0.6) is 0 Å². The molecule has 3 rings (SSSR count). The van der Waals surface area contributed by atoms with Crippen LogP contribution in [0.3, 0.4) is 0 Å². The fourth-order valence-corrected chi connectivity index (χ4v) is 1.95. The molecule has 1 heterocycles. The third kappa shape index (κ3) is 1.21. The van der Waals surface area contributed by atoms with Gasteiger partial charge in [-0.05, 0) is 18.4 Å². The van der Waals surface area contributed by atoms with E-state index in [1.807, 2.05) is 18.2 Å². The van der Waals surface area contributed by atoms with Gasteiger partial charge in [0.15, 0.2) is 5.82 Å². The molecule has 4 nitrogen and oxygen atoms in total. The molecule has 0 spiro atoms. The summed E-state index contributed by atoms with van der Waals surface area (Å²) in [5.74, 6) is 0.714. The lowest BCUT2D eigenvalue weighted by Gasteiger charge is -2.09. The maximum Gasteiger partial charge on any atom is 0.318 e. The van der Waals surface area contributed by atoms with Gasteiger partial charge in [-0.1, -0.05) is 35.5 Å². The molecule has 1 saturated carbocycles. The van der Waals surface area contributed by atoms with E-state index in [1.165, 1.54) is 5.56 Å². The average molecular weight is 201 g/mol. The van der Waals surface area contributed by atoms with E-state index >= 15 is 0 Å². The van der Waals surface area contributed by atoms with E-state index < -0.39 is 0 Å². The summed E-state index contributed by atoms with van der Waals surface area (Å²) in [5.41, 5.74) is 6.64. The second kappa shape index (κ2) is 2.82. The highest BCUT2D eigenvalue weighted by molar-refractivity contribution is 5.39. The molecule has 2 N–H and O–H groups in total. The van der Waals surface area contributed by atoms with Crippen molar-refractivity contribution in [2.45, 2.75) is 18.3 Å². The summed E-state index contributed by atoms with van der Waals surface area (Å²) in [6.07, 6.45) is 2.13. The van der Waals surface area contributed by atoms with Crippen LogP contribution in [-0.2, 0) is 5.41 Å². The molecule has 0 radical (unpaired) electrons. The molecule has 1 aromatic carbocycles. The summed E-state index contributed by atoms with van der Waals surface area (Å²) < 4.78 is 4.83. The second-order valence-corrected chi connectivity index (χ2v) is 3.90. The Morgan fingerprint density at radius 1 is 1.20 bits per heavy atom. The lowest BCUT2D eigenvalue weighted by atomic mass is 9.95. The Kier molecular flexibility index (Phi) is 1.59. The molecule has 0 aliphatic heterocycles. The first kappa shape index (κ1) is 8.47. The summed E-state index contributed by atoms with van der Waals surface area (Å²) >= 11 is 0. The first-order valence-corrected chi connectivity index (χ1v) is 4.96. The lowest BCUT2D eigenvalue weighted by molar-refractivity contribution is 0.422. The van der Waals surface area contributed by atoms with Gasteiger partial charge in [0.05, 0.1) is 5.41 Å². The molecule has 0 saturated heterocycles. The van der Waals surface area contributed by atoms with Crippen molar-refractivity contribution in [2.75, 3.05) is 5.73 Å². The molecule has 15 heavy (non-hydrogen) atoms. The third-order valence-electron chi connectivity index (χ3n) is 2.95. The minimum Gasteiger partial charge on any atom is -0.351 e.